The number of carbonyl (C=O) groups is 2. The van der Waals surface area contributed by atoms with Crippen molar-refractivity contribution < 1.29 is 14.7 Å². The van der Waals surface area contributed by atoms with Gasteiger partial charge >= 0.3 is 5.97 Å². The van der Waals surface area contributed by atoms with E-state index in [0.717, 1.165) is 5.69 Å². The summed E-state index contributed by atoms with van der Waals surface area (Å²) in [6.07, 6.45) is 0.226. The zero-order chi connectivity index (χ0) is 16.0. The number of anilines is 1. The van der Waals surface area contributed by atoms with Gasteiger partial charge in [0.2, 0.25) is 5.91 Å². The molecule has 1 unspecified atom stereocenters. The highest BCUT2D eigenvalue weighted by atomic mass is 16.4. The van der Waals surface area contributed by atoms with Crippen LogP contribution >= 0.6 is 0 Å². The molecule has 1 rings (SSSR count). The zero-order valence-corrected chi connectivity index (χ0v) is 13.0. The molecule has 0 aromatic heterocycles. The summed E-state index contributed by atoms with van der Waals surface area (Å²) in [5, 5.41) is 14.5. The molecule has 0 heterocycles. The molecule has 1 amide bonds. The molecule has 0 spiro atoms. The SMILES string of the molecule is CC(CC(=O)Nc1ccc(C(C)C)cc1)N[C@H](C)C(=O)O. The average molecular weight is 292 g/mol. The first-order valence-electron chi connectivity index (χ1n) is 7.18. The summed E-state index contributed by atoms with van der Waals surface area (Å²) in [5.74, 6) is -0.604. The zero-order valence-electron chi connectivity index (χ0n) is 13.0. The molecule has 3 N–H and O–H groups in total. The third kappa shape index (κ3) is 5.95. The third-order valence-corrected chi connectivity index (χ3v) is 3.26. The van der Waals surface area contributed by atoms with Crippen molar-refractivity contribution in [3.63, 3.8) is 0 Å². The van der Waals surface area contributed by atoms with Gasteiger partial charge < -0.3 is 15.7 Å². The van der Waals surface area contributed by atoms with Crippen molar-refractivity contribution in [1.82, 2.24) is 5.32 Å². The Morgan fingerprint density at radius 2 is 1.67 bits per heavy atom. The summed E-state index contributed by atoms with van der Waals surface area (Å²) < 4.78 is 0. The minimum absolute atomic E-state index is 0.134. The maximum Gasteiger partial charge on any atom is 0.320 e. The molecule has 0 radical (unpaired) electrons. The quantitative estimate of drug-likeness (QED) is 0.722. The fraction of sp³-hybridized carbons (Fsp3) is 0.500. The van der Waals surface area contributed by atoms with Crippen LogP contribution in [-0.2, 0) is 9.59 Å². The molecule has 0 aliphatic heterocycles. The molecule has 0 aliphatic carbocycles. The van der Waals surface area contributed by atoms with Gasteiger partial charge in [-0.05, 0) is 37.5 Å². The Bertz CT molecular complexity index is 483. The lowest BCUT2D eigenvalue weighted by Gasteiger charge is -2.16. The van der Waals surface area contributed by atoms with Crippen LogP contribution in [0.15, 0.2) is 24.3 Å². The number of rotatable bonds is 7. The van der Waals surface area contributed by atoms with E-state index in [2.05, 4.69) is 24.5 Å². The minimum atomic E-state index is -0.925. The summed E-state index contributed by atoms with van der Waals surface area (Å²) in [6.45, 7) is 7.58. The van der Waals surface area contributed by atoms with Gasteiger partial charge in [-0.25, -0.2) is 0 Å². The van der Waals surface area contributed by atoms with Gasteiger partial charge in [-0.1, -0.05) is 26.0 Å². The number of carboxylic acid groups (broad SMARTS) is 1. The van der Waals surface area contributed by atoms with Gasteiger partial charge in [0.15, 0.2) is 0 Å². The van der Waals surface area contributed by atoms with Crippen molar-refractivity contribution >= 4 is 17.6 Å². The van der Waals surface area contributed by atoms with E-state index in [4.69, 9.17) is 5.11 Å². The Morgan fingerprint density at radius 1 is 1.10 bits per heavy atom. The first kappa shape index (κ1) is 17.2. The first-order valence-corrected chi connectivity index (χ1v) is 7.18. The summed E-state index contributed by atoms with van der Waals surface area (Å²) in [6, 6.07) is 6.88. The standard InChI is InChI=1S/C16H24N2O3/c1-10(2)13-5-7-14(8-6-13)18-15(19)9-11(3)17-12(4)16(20)21/h5-8,10-12,17H,9H2,1-4H3,(H,18,19)(H,20,21)/t11?,12-/m1/s1. The molecule has 0 aliphatic rings. The molecule has 21 heavy (non-hydrogen) atoms. The molecule has 116 valence electrons. The smallest absolute Gasteiger partial charge is 0.320 e. The predicted octanol–water partition coefficient (Wildman–Crippen LogP) is 2.59. The minimum Gasteiger partial charge on any atom is -0.480 e. The van der Waals surface area contributed by atoms with E-state index >= 15 is 0 Å². The van der Waals surface area contributed by atoms with Crippen molar-refractivity contribution in [2.75, 3.05) is 5.32 Å². The highest BCUT2D eigenvalue weighted by molar-refractivity contribution is 5.91. The number of hydrogen-bond donors (Lipinski definition) is 3. The average Bonchev–Trinajstić information content (AvgIpc) is 2.38. The van der Waals surface area contributed by atoms with E-state index < -0.39 is 12.0 Å². The van der Waals surface area contributed by atoms with Crippen LogP contribution in [0.1, 0.15) is 45.6 Å². The number of carbonyl (C=O) groups excluding carboxylic acids is 1. The van der Waals surface area contributed by atoms with Crippen molar-refractivity contribution in [3.8, 4) is 0 Å². The van der Waals surface area contributed by atoms with E-state index in [1.54, 1.807) is 13.8 Å². The van der Waals surface area contributed by atoms with Crippen molar-refractivity contribution in [3.05, 3.63) is 29.8 Å². The van der Waals surface area contributed by atoms with Crippen LogP contribution in [0.4, 0.5) is 5.69 Å². The number of aliphatic carboxylic acids is 1. The molecule has 1 aromatic rings. The Morgan fingerprint density at radius 3 is 2.14 bits per heavy atom. The molecule has 0 saturated heterocycles. The number of benzene rings is 1. The van der Waals surface area contributed by atoms with Gasteiger partial charge in [-0.3, -0.25) is 9.59 Å². The normalized spacial score (nSPS) is 13.8. The van der Waals surface area contributed by atoms with Gasteiger partial charge in [0, 0.05) is 18.2 Å². The van der Waals surface area contributed by atoms with E-state index in [1.807, 2.05) is 24.3 Å². The highest BCUT2D eigenvalue weighted by Crippen LogP contribution is 2.17. The number of amides is 1. The van der Waals surface area contributed by atoms with Gasteiger partial charge in [-0.15, -0.1) is 0 Å². The van der Waals surface area contributed by atoms with E-state index in [-0.39, 0.29) is 18.4 Å². The van der Waals surface area contributed by atoms with Gasteiger partial charge in [0.1, 0.15) is 6.04 Å². The predicted molar refractivity (Wildman–Crippen MR) is 83.5 cm³/mol. The Hall–Kier alpha value is -1.88. The van der Waals surface area contributed by atoms with Gasteiger partial charge in [0.05, 0.1) is 0 Å². The highest BCUT2D eigenvalue weighted by Gasteiger charge is 2.16. The summed E-state index contributed by atoms with van der Waals surface area (Å²) in [4.78, 5) is 22.6. The lowest BCUT2D eigenvalue weighted by atomic mass is 10.0. The lowest BCUT2D eigenvalue weighted by molar-refractivity contribution is -0.139. The lowest BCUT2D eigenvalue weighted by Crippen LogP contribution is -2.41. The Labute approximate surface area is 125 Å². The summed E-state index contributed by atoms with van der Waals surface area (Å²) in [5.41, 5.74) is 1.97. The molecule has 0 fully saturated rings. The second kappa shape index (κ2) is 7.78. The van der Waals surface area contributed by atoms with Crippen LogP contribution < -0.4 is 10.6 Å². The summed E-state index contributed by atoms with van der Waals surface area (Å²) >= 11 is 0. The molecule has 0 saturated carbocycles. The second-order valence-electron chi connectivity index (χ2n) is 5.66. The Balaban J connectivity index is 2.48. The van der Waals surface area contributed by atoms with E-state index in [9.17, 15) is 9.59 Å². The third-order valence-electron chi connectivity index (χ3n) is 3.26. The molecular weight excluding hydrogens is 268 g/mol. The summed E-state index contributed by atoms with van der Waals surface area (Å²) in [7, 11) is 0. The fourth-order valence-corrected chi connectivity index (χ4v) is 2.00. The van der Waals surface area contributed by atoms with Crippen LogP contribution in [0.5, 0.6) is 0 Å². The van der Waals surface area contributed by atoms with Crippen LogP contribution in [0.25, 0.3) is 0 Å². The van der Waals surface area contributed by atoms with Crippen molar-refractivity contribution in [1.29, 1.82) is 0 Å². The molecule has 5 nitrogen and oxygen atoms in total. The van der Waals surface area contributed by atoms with Gasteiger partial charge in [0.25, 0.3) is 0 Å². The molecule has 1 aromatic carbocycles. The van der Waals surface area contributed by atoms with Gasteiger partial charge in [-0.2, -0.15) is 0 Å². The van der Waals surface area contributed by atoms with Crippen LogP contribution in [-0.4, -0.2) is 29.1 Å². The second-order valence-corrected chi connectivity index (χ2v) is 5.66. The molecule has 2 atom stereocenters. The Kier molecular flexibility index (Phi) is 6.37. The van der Waals surface area contributed by atoms with Crippen LogP contribution in [0.2, 0.25) is 0 Å². The maximum absolute atomic E-state index is 11.9. The number of hydrogen-bond acceptors (Lipinski definition) is 3. The fourth-order valence-electron chi connectivity index (χ4n) is 2.00. The number of carboxylic acids is 1. The maximum atomic E-state index is 11.9. The van der Waals surface area contributed by atoms with Crippen LogP contribution in [0, 0.1) is 0 Å². The largest absolute Gasteiger partial charge is 0.480 e. The van der Waals surface area contributed by atoms with E-state index in [1.165, 1.54) is 5.56 Å². The number of nitrogens with one attached hydrogen (secondary N) is 2. The van der Waals surface area contributed by atoms with Crippen LogP contribution in [0.3, 0.4) is 0 Å². The van der Waals surface area contributed by atoms with Crippen molar-refractivity contribution in [2.24, 2.45) is 0 Å². The first-order chi connectivity index (χ1) is 9.79. The van der Waals surface area contributed by atoms with E-state index in [0.29, 0.717) is 5.92 Å². The molecular formula is C16H24N2O3. The molecule has 0 bridgehead atoms. The topological polar surface area (TPSA) is 78.4 Å². The van der Waals surface area contributed by atoms with Crippen molar-refractivity contribution in [2.45, 2.75) is 52.1 Å². The monoisotopic (exact) mass is 292 g/mol. The molecule has 5 heteroatoms.